The van der Waals surface area contributed by atoms with E-state index in [0.717, 1.165) is 34.9 Å². The second-order valence-corrected chi connectivity index (χ2v) is 6.14. The van der Waals surface area contributed by atoms with Gasteiger partial charge in [0.05, 0.1) is 0 Å². The minimum atomic E-state index is 0.868. The van der Waals surface area contributed by atoms with Crippen molar-refractivity contribution in [1.82, 2.24) is 9.46 Å². The molecule has 0 radical (unpaired) electrons. The lowest BCUT2D eigenvalue weighted by atomic mass is 9.96. The van der Waals surface area contributed by atoms with Crippen LogP contribution in [0.4, 0.5) is 0 Å². The molecule has 0 aliphatic rings. The molecule has 0 saturated carbocycles. The van der Waals surface area contributed by atoms with Crippen molar-refractivity contribution < 1.29 is 0 Å². The predicted octanol–water partition coefficient (Wildman–Crippen LogP) is 4.85. The maximum absolute atomic E-state index is 4.12. The topological polar surface area (TPSA) is 20.7 Å². The smallest absolute Gasteiger partial charge is 0.239 e. The van der Waals surface area contributed by atoms with E-state index < -0.39 is 0 Å². The zero-order valence-electron chi connectivity index (χ0n) is 17.0. The second-order valence-electron chi connectivity index (χ2n) is 6.14. The summed E-state index contributed by atoms with van der Waals surface area (Å²) in [5.74, 6) is 0. The number of allylic oxidation sites excluding steroid dienone is 3. The van der Waals surface area contributed by atoms with Crippen molar-refractivity contribution in [2.24, 2.45) is 0 Å². The molecule has 2 nitrogen and oxygen atoms in total. The van der Waals surface area contributed by atoms with E-state index in [0.29, 0.717) is 0 Å². The van der Waals surface area contributed by atoms with E-state index >= 15 is 0 Å². The van der Waals surface area contributed by atoms with Gasteiger partial charge in [-0.05, 0) is 39.0 Å². The number of H-pyrrole nitrogens is 1. The van der Waals surface area contributed by atoms with Crippen LogP contribution < -0.4 is 10.6 Å². The van der Waals surface area contributed by atoms with Gasteiger partial charge in [-0.2, -0.15) is 0 Å². The summed E-state index contributed by atoms with van der Waals surface area (Å²) in [7, 11) is 0.868. The molecule has 2 heterocycles. The first-order valence-corrected chi connectivity index (χ1v) is 9.41. The van der Waals surface area contributed by atoms with Crippen LogP contribution in [0.2, 0.25) is 6.82 Å². The lowest BCUT2D eigenvalue weighted by molar-refractivity contribution is 1.18. The molecule has 2 aromatic rings. The summed E-state index contributed by atoms with van der Waals surface area (Å²) in [6.45, 7) is 20.4. The normalized spacial score (nSPS) is 13.0. The first kappa shape index (κ1) is 20.4. The molecular weight excluding hydrogens is 327 g/mol. The monoisotopic (exact) mass is 356 g/mol. The van der Waals surface area contributed by atoms with Crippen molar-refractivity contribution in [3.63, 3.8) is 0 Å². The van der Waals surface area contributed by atoms with Crippen molar-refractivity contribution >= 4 is 43.9 Å². The third-order valence-electron chi connectivity index (χ3n) is 4.68. The Bertz CT molecular complexity index is 1040. The molecule has 2 aromatic heterocycles. The molecule has 0 spiro atoms. The highest BCUT2D eigenvalue weighted by atomic mass is 14.9. The Morgan fingerprint density at radius 2 is 1.63 bits per heavy atom. The van der Waals surface area contributed by atoms with E-state index in [1.807, 2.05) is 39.0 Å². The van der Waals surface area contributed by atoms with E-state index in [1.165, 1.54) is 16.8 Å². The van der Waals surface area contributed by atoms with Crippen LogP contribution in [0, 0.1) is 0 Å². The maximum atomic E-state index is 4.12. The van der Waals surface area contributed by atoms with Crippen LogP contribution in [0.25, 0.3) is 47.6 Å². The van der Waals surface area contributed by atoms with E-state index in [-0.39, 0.29) is 0 Å². The minimum absolute atomic E-state index is 0.868. The van der Waals surface area contributed by atoms with E-state index in [1.54, 1.807) is 0 Å². The highest BCUT2D eigenvalue weighted by Crippen LogP contribution is 2.35. The molecule has 1 N–H and O–H groups in total. The molecule has 138 valence electrons. The number of aromatic nitrogens is 2. The van der Waals surface area contributed by atoms with Gasteiger partial charge in [0.25, 0.3) is 0 Å². The number of aromatic amines is 1. The standard InChI is InChI=1S/C24H29BN2/c1-8-14-17-19(11-4)26-20(12-5)23(17)24-18(15-9-2)22(16-10-3)27(25-7)21(24)13-6/h8-16,25-26H,1,5-6H2,2-4,7H3/b15-9-,16-10-,17-14+,19-11+. The SMILES string of the molecule is C=C/C=c1/c(-c2c(/C=C\C)c(/C=C\C)n(BC)c2C=C)c(C=C)[nH]/c1=C/C. The number of hydrogen-bond acceptors (Lipinski definition) is 0. The molecule has 0 bridgehead atoms. The van der Waals surface area contributed by atoms with Crippen LogP contribution in [0.1, 0.15) is 43.4 Å². The van der Waals surface area contributed by atoms with Gasteiger partial charge in [-0.3, -0.25) is 0 Å². The van der Waals surface area contributed by atoms with Crippen LogP contribution in [0.15, 0.2) is 38.0 Å². The Morgan fingerprint density at radius 1 is 0.926 bits per heavy atom. The van der Waals surface area contributed by atoms with Gasteiger partial charge in [0, 0.05) is 44.3 Å². The largest absolute Gasteiger partial charge is 0.389 e. The zero-order valence-corrected chi connectivity index (χ0v) is 17.0. The average Bonchev–Trinajstić information content (AvgIpc) is 3.17. The lowest BCUT2D eigenvalue weighted by Gasteiger charge is -2.07. The van der Waals surface area contributed by atoms with E-state index in [9.17, 15) is 0 Å². The van der Waals surface area contributed by atoms with Crippen molar-refractivity contribution in [1.29, 1.82) is 0 Å². The molecule has 0 saturated heterocycles. The molecular formula is C24H29BN2. The molecule has 0 fully saturated rings. The summed E-state index contributed by atoms with van der Waals surface area (Å²) in [4.78, 5) is 3.49. The molecule has 0 amide bonds. The van der Waals surface area contributed by atoms with Gasteiger partial charge in [0.1, 0.15) is 0 Å². The van der Waals surface area contributed by atoms with E-state index in [2.05, 4.69) is 72.5 Å². The Labute approximate surface area is 163 Å². The Hall–Kier alpha value is -2.94. The summed E-state index contributed by atoms with van der Waals surface area (Å²) in [6, 6.07) is 0. The summed E-state index contributed by atoms with van der Waals surface area (Å²) >= 11 is 0. The number of hydrogen-bond donors (Lipinski definition) is 1. The quantitative estimate of drug-likeness (QED) is 0.685. The van der Waals surface area contributed by atoms with Gasteiger partial charge >= 0.3 is 0 Å². The lowest BCUT2D eigenvalue weighted by Crippen LogP contribution is -2.23. The molecule has 0 aromatic carbocycles. The summed E-state index contributed by atoms with van der Waals surface area (Å²) in [6.07, 6.45) is 18.3. The van der Waals surface area contributed by atoms with Crippen LogP contribution in [0.5, 0.6) is 0 Å². The molecule has 0 atom stereocenters. The highest BCUT2D eigenvalue weighted by Gasteiger charge is 2.22. The molecule has 3 heteroatoms. The van der Waals surface area contributed by atoms with Gasteiger partial charge in [0.2, 0.25) is 7.41 Å². The molecule has 27 heavy (non-hydrogen) atoms. The van der Waals surface area contributed by atoms with Crippen molar-refractivity contribution in [2.75, 3.05) is 0 Å². The van der Waals surface area contributed by atoms with Crippen molar-refractivity contribution in [3.05, 3.63) is 71.2 Å². The van der Waals surface area contributed by atoms with Gasteiger partial charge in [-0.1, -0.05) is 63.0 Å². The average molecular weight is 356 g/mol. The fourth-order valence-electron chi connectivity index (χ4n) is 3.66. The molecule has 2 rings (SSSR count). The van der Waals surface area contributed by atoms with Gasteiger partial charge < -0.3 is 9.46 Å². The van der Waals surface area contributed by atoms with Crippen LogP contribution in [-0.4, -0.2) is 16.9 Å². The Kier molecular flexibility index (Phi) is 6.89. The predicted molar refractivity (Wildman–Crippen MR) is 126 cm³/mol. The Balaban J connectivity index is 3.20. The van der Waals surface area contributed by atoms with Gasteiger partial charge in [0.15, 0.2) is 0 Å². The van der Waals surface area contributed by atoms with Crippen LogP contribution >= 0.6 is 0 Å². The third kappa shape index (κ3) is 3.50. The number of nitrogens with one attached hydrogen (secondary N) is 1. The minimum Gasteiger partial charge on any atom is -0.389 e. The number of nitrogens with zero attached hydrogens (tertiary/aromatic N) is 1. The zero-order chi connectivity index (χ0) is 20.0. The summed E-state index contributed by atoms with van der Waals surface area (Å²) in [5, 5.41) is 2.19. The van der Waals surface area contributed by atoms with E-state index in [4.69, 9.17) is 0 Å². The fourth-order valence-corrected chi connectivity index (χ4v) is 3.66. The van der Waals surface area contributed by atoms with Crippen LogP contribution in [0.3, 0.4) is 0 Å². The second kappa shape index (κ2) is 9.13. The Morgan fingerprint density at radius 3 is 2.11 bits per heavy atom. The van der Waals surface area contributed by atoms with Gasteiger partial charge in [-0.25, -0.2) is 0 Å². The van der Waals surface area contributed by atoms with Crippen LogP contribution in [-0.2, 0) is 0 Å². The third-order valence-corrected chi connectivity index (χ3v) is 4.68. The van der Waals surface area contributed by atoms with Crippen molar-refractivity contribution in [2.45, 2.75) is 27.6 Å². The van der Waals surface area contributed by atoms with Gasteiger partial charge in [-0.15, -0.1) is 0 Å². The summed E-state index contributed by atoms with van der Waals surface area (Å²) < 4.78 is 2.31. The molecule has 0 aliphatic heterocycles. The first-order chi connectivity index (χ1) is 13.1. The first-order valence-electron chi connectivity index (χ1n) is 9.41. The highest BCUT2D eigenvalue weighted by molar-refractivity contribution is 6.33. The molecule has 0 aliphatic carbocycles. The fraction of sp³-hybridized carbons (Fsp3) is 0.167. The van der Waals surface area contributed by atoms with Crippen molar-refractivity contribution in [3.8, 4) is 11.1 Å². The molecule has 0 unspecified atom stereocenters. The number of rotatable bonds is 7. The summed E-state index contributed by atoms with van der Waals surface area (Å²) in [5.41, 5.74) is 6.80. The maximum Gasteiger partial charge on any atom is 0.239 e.